The van der Waals surface area contributed by atoms with Crippen molar-refractivity contribution < 1.29 is 80.5 Å². The second-order valence-corrected chi connectivity index (χ2v) is 17.2. The lowest BCUT2D eigenvalue weighted by Gasteiger charge is -2.34. The van der Waals surface area contributed by atoms with E-state index in [1.807, 2.05) is 6.92 Å². The molecule has 53 heavy (non-hydrogen) atoms. The van der Waals surface area contributed by atoms with E-state index in [1.54, 1.807) is 0 Å². The van der Waals surface area contributed by atoms with Crippen LogP contribution in [-0.4, -0.2) is 108 Å². The van der Waals surface area contributed by atoms with Gasteiger partial charge in [0.25, 0.3) is 7.82 Å². The maximum absolute atomic E-state index is 12.6. The van der Waals surface area contributed by atoms with Gasteiger partial charge in [0, 0.05) is 37.1 Å². The van der Waals surface area contributed by atoms with Crippen molar-refractivity contribution in [2.24, 2.45) is 5.41 Å². The van der Waals surface area contributed by atoms with Crippen molar-refractivity contribution >= 4 is 69.1 Å². The number of fused-ring (bicyclic) bond motifs is 1. The Kier molecular flexibility index (Phi) is 16.1. The third-order valence-electron chi connectivity index (χ3n) is 7.20. The zero-order chi connectivity index (χ0) is 39.8. The molecule has 24 nitrogen and oxygen atoms in total. The normalized spacial score (nSPS) is 22.2. The molecule has 0 saturated carbocycles. The summed E-state index contributed by atoms with van der Waals surface area (Å²) >= 11 is 1.09. The molecule has 1 aliphatic rings. The Morgan fingerprint density at radius 3 is 2.47 bits per heavy atom. The Morgan fingerprint density at radius 1 is 1.11 bits per heavy atom. The van der Waals surface area contributed by atoms with Gasteiger partial charge in [0.1, 0.15) is 36.3 Å². The van der Waals surface area contributed by atoms with Crippen LogP contribution in [0.2, 0.25) is 0 Å². The molecule has 0 aromatic carbocycles. The van der Waals surface area contributed by atoms with Crippen molar-refractivity contribution in [1.29, 1.82) is 0 Å². The van der Waals surface area contributed by atoms with Crippen LogP contribution in [0.1, 0.15) is 46.3 Å². The summed E-state index contributed by atoms with van der Waals surface area (Å²) in [7, 11) is -17.2. The Hall–Kier alpha value is -2.44. The number of aromatic nitrogens is 4. The largest absolute Gasteiger partial charge is 0.790 e. The van der Waals surface area contributed by atoms with Crippen LogP contribution in [0.5, 0.6) is 0 Å². The van der Waals surface area contributed by atoms with Crippen molar-refractivity contribution in [2.75, 3.05) is 37.8 Å². The first-order chi connectivity index (χ1) is 24.6. The number of nitrogens with two attached hydrogens (primary N) is 1. The monoisotopic (exact) mass is 834 g/mol. The number of ether oxygens (including phenoxy) is 1. The highest BCUT2D eigenvalue weighted by Crippen LogP contribution is 2.59. The van der Waals surface area contributed by atoms with Gasteiger partial charge in [-0.15, -0.1) is 0 Å². The van der Waals surface area contributed by atoms with Crippen molar-refractivity contribution in [3.63, 3.8) is 0 Å². The number of amides is 2. The molecule has 7 N–H and O–H groups in total. The SMILES string of the molecule is CCCC(=O)SCCNC(=O)CCNC(=O)[C@H](O)C(C)(C)COP(=O)([O-])OP(=O)(O)OC[C@H]1O[C@@H](n2cnc3c(N)ncnc32)[C@H](O)[C@@H]1OP(=O)([O-])[O-]. The van der Waals surface area contributed by atoms with E-state index in [1.165, 1.54) is 13.8 Å². The molecule has 300 valence electrons. The molecule has 0 radical (unpaired) electrons. The number of thioether (sulfide) groups is 1. The van der Waals surface area contributed by atoms with Crippen LogP contribution in [-0.2, 0) is 50.7 Å². The van der Waals surface area contributed by atoms with Gasteiger partial charge < -0.3 is 64.5 Å². The van der Waals surface area contributed by atoms with E-state index in [-0.39, 0.29) is 41.6 Å². The fraction of sp³-hybridized carbons (Fsp3) is 0.680. The van der Waals surface area contributed by atoms with Crippen molar-refractivity contribution in [3.8, 4) is 0 Å². The van der Waals surface area contributed by atoms with Crippen molar-refractivity contribution in [1.82, 2.24) is 30.2 Å². The molecular weight excluding hydrogens is 795 g/mol. The average Bonchev–Trinajstić information content (AvgIpc) is 3.61. The fourth-order valence-electron chi connectivity index (χ4n) is 4.56. The molecule has 0 aliphatic carbocycles. The first-order valence-electron chi connectivity index (χ1n) is 15.5. The predicted molar refractivity (Wildman–Crippen MR) is 175 cm³/mol. The first kappa shape index (κ1) is 45.0. The molecule has 7 atom stereocenters. The quantitative estimate of drug-likeness (QED) is 0.0562. The minimum absolute atomic E-state index is 0.00529. The maximum atomic E-state index is 12.6. The number of nitrogens with zero attached hydrogens (tertiary/aromatic N) is 4. The lowest BCUT2D eigenvalue weighted by molar-refractivity contribution is -0.347. The Bertz CT molecular complexity index is 1750. The van der Waals surface area contributed by atoms with E-state index < -0.39 is 84.6 Å². The Labute approximate surface area is 306 Å². The highest BCUT2D eigenvalue weighted by atomic mass is 32.2. The lowest BCUT2D eigenvalue weighted by atomic mass is 9.87. The summed E-state index contributed by atoms with van der Waals surface area (Å²) < 4.78 is 60.8. The number of anilines is 1. The number of nitrogen functional groups attached to an aromatic ring is 1. The molecule has 2 aromatic rings. The standard InChI is InChI=1S/C25H42N7O17P3S/c1-4-5-16(34)53-9-8-27-15(33)6-7-28-23(37)20(36)25(2,3)11-46-52(43,44)49-51(41,42)45-10-14-19(48-50(38,39)40)18(35)24(47-14)32-13-31-17-21(26)29-12-30-22(17)32/h12-14,18-20,24,35-36H,4-11H2,1-3H3,(H,27,33)(H,28,37)(H,41,42)(H,43,44)(H2,26,29,30)(H2,38,39,40)/p-3/t14-,18-,19-,20+,24-/m1/s1. The van der Waals surface area contributed by atoms with E-state index >= 15 is 0 Å². The summed E-state index contributed by atoms with van der Waals surface area (Å²) in [6, 6.07) is 0. The van der Waals surface area contributed by atoms with Crippen LogP contribution >= 0.6 is 35.2 Å². The van der Waals surface area contributed by atoms with E-state index in [4.69, 9.17) is 10.5 Å². The lowest BCUT2D eigenvalue weighted by Crippen LogP contribution is -2.46. The topological polar surface area (TPSA) is 372 Å². The van der Waals surface area contributed by atoms with E-state index in [0.29, 0.717) is 18.6 Å². The van der Waals surface area contributed by atoms with Crippen LogP contribution in [0, 0.1) is 5.41 Å². The summed E-state index contributed by atoms with van der Waals surface area (Å²) in [6.07, 6.45) is -6.26. The highest BCUT2D eigenvalue weighted by Gasteiger charge is 2.48. The molecule has 0 bridgehead atoms. The van der Waals surface area contributed by atoms with Crippen molar-refractivity contribution in [2.45, 2.75) is 70.7 Å². The summed E-state index contributed by atoms with van der Waals surface area (Å²) in [6.45, 7) is 2.14. The van der Waals surface area contributed by atoms with Gasteiger partial charge in [-0.1, -0.05) is 32.5 Å². The fourth-order valence-corrected chi connectivity index (χ4v) is 8.11. The zero-order valence-corrected chi connectivity index (χ0v) is 31.9. The van der Waals surface area contributed by atoms with Crippen LogP contribution in [0.25, 0.3) is 11.2 Å². The maximum Gasteiger partial charge on any atom is 0.478 e. The number of carbonyl (C=O) groups excluding carboxylic acids is 3. The molecule has 3 heterocycles. The zero-order valence-electron chi connectivity index (χ0n) is 28.4. The van der Waals surface area contributed by atoms with Gasteiger partial charge >= 0.3 is 7.82 Å². The highest BCUT2D eigenvalue weighted by molar-refractivity contribution is 8.13. The molecule has 0 spiro atoms. The van der Waals surface area contributed by atoms with Crippen LogP contribution < -0.4 is 31.0 Å². The van der Waals surface area contributed by atoms with Crippen LogP contribution in [0.15, 0.2) is 12.7 Å². The molecule has 1 aliphatic heterocycles. The molecule has 2 aromatic heterocycles. The third kappa shape index (κ3) is 13.7. The van der Waals surface area contributed by atoms with Gasteiger partial charge in [0.2, 0.25) is 11.8 Å². The number of aliphatic hydroxyl groups is 2. The van der Waals surface area contributed by atoms with Gasteiger partial charge in [-0.2, -0.15) is 0 Å². The van der Waals surface area contributed by atoms with Gasteiger partial charge in [0.15, 0.2) is 22.8 Å². The molecular formula is C25H39N7O17P3S-3. The van der Waals surface area contributed by atoms with Gasteiger partial charge in [-0.05, 0) is 6.42 Å². The van der Waals surface area contributed by atoms with Crippen molar-refractivity contribution in [3.05, 3.63) is 12.7 Å². The Balaban J connectivity index is 1.52. The first-order valence-corrected chi connectivity index (χ1v) is 21.0. The molecule has 2 amide bonds. The van der Waals surface area contributed by atoms with Crippen LogP contribution in [0.3, 0.4) is 0 Å². The molecule has 1 fully saturated rings. The average molecular weight is 835 g/mol. The number of rotatable bonds is 21. The number of phosphoric acid groups is 3. The number of nitrogens with one attached hydrogen (secondary N) is 2. The number of hydrogen-bond acceptors (Lipinski definition) is 21. The molecule has 3 rings (SSSR count). The third-order valence-corrected chi connectivity index (χ3v) is 11.2. The summed E-state index contributed by atoms with van der Waals surface area (Å²) in [5.41, 5.74) is 4.12. The number of phosphoric ester groups is 3. The number of imidazole rings is 1. The molecule has 1 saturated heterocycles. The van der Waals surface area contributed by atoms with Gasteiger partial charge in [0.05, 0.1) is 27.4 Å². The number of hydrogen-bond donors (Lipinski definition) is 6. The summed E-state index contributed by atoms with van der Waals surface area (Å²) in [5.74, 6) is -1.13. The minimum atomic E-state index is -5.83. The Morgan fingerprint density at radius 2 is 1.81 bits per heavy atom. The van der Waals surface area contributed by atoms with Gasteiger partial charge in [-0.25, -0.2) is 23.8 Å². The summed E-state index contributed by atoms with van der Waals surface area (Å²) in [4.78, 5) is 93.0. The molecule has 2 unspecified atom stereocenters. The smallest absolute Gasteiger partial charge is 0.478 e. The second-order valence-electron chi connectivity index (χ2n) is 12.0. The van der Waals surface area contributed by atoms with E-state index in [9.17, 15) is 57.9 Å². The predicted octanol–water partition coefficient (Wildman–Crippen LogP) is -2.43. The van der Waals surface area contributed by atoms with E-state index in [2.05, 4.69) is 43.5 Å². The van der Waals surface area contributed by atoms with E-state index in [0.717, 1.165) is 29.0 Å². The van der Waals surface area contributed by atoms with Gasteiger partial charge in [-0.3, -0.25) is 28.0 Å². The minimum Gasteiger partial charge on any atom is -0.790 e. The molecule has 28 heteroatoms. The summed E-state index contributed by atoms with van der Waals surface area (Å²) in [5, 5.41) is 26.2. The van der Waals surface area contributed by atoms with Crippen LogP contribution in [0.4, 0.5) is 5.82 Å². The second kappa shape index (κ2) is 18.9. The number of carbonyl (C=O) groups is 3. The number of aliphatic hydroxyl groups excluding tert-OH is 2.